The average molecular weight is 345 g/mol. The predicted octanol–water partition coefficient (Wildman–Crippen LogP) is 3.13. The fourth-order valence-corrected chi connectivity index (χ4v) is 2.16. The standard InChI is InChI=1S/C16H13BrN2O2/c1-3-10-21-13-6-4-12(5-7-13)19(2)16(20)14-8-9-18-11-15(14)17/h1,4-9,11H,10H2,2H3. The van der Waals surface area contributed by atoms with Crippen molar-refractivity contribution >= 4 is 27.5 Å². The van der Waals surface area contributed by atoms with Crippen LogP contribution in [0, 0.1) is 12.3 Å². The van der Waals surface area contributed by atoms with Crippen molar-refractivity contribution < 1.29 is 9.53 Å². The Labute approximate surface area is 131 Å². The van der Waals surface area contributed by atoms with Crippen molar-refractivity contribution in [2.75, 3.05) is 18.6 Å². The smallest absolute Gasteiger partial charge is 0.259 e. The zero-order chi connectivity index (χ0) is 15.2. The maximum absolute atomic E-state index is 12.4. The molecule has 1 amide bonds. The summed E-state index contributed by atoms with van der Waals surface area (Å²) in [6.45, 7) is 0.220. The number of anilines is 1. The number of benzene rings is 1. The van der Waals surface area contributed by atoms with Crippen LogP contribution in [0.3, 0.4) is 0 Å². The Kier molecular flexibility index (Phi) is 4.96. The van der Waals surface area contributed by atoms with E-state index in [0.29, 0.717) is 15.8 Å². The molecule has 0 saturated heterocycles. The van der Waals surface area contributed by atoms with E-state index in [0.717, 1.165) is 5.69 Å². The molecule has 0 saturated carbocycles. The molecule has 0 radical (unpaired) electrons. The number of halogens is 1. The van der Waals surface area contributed by atoms with Gasteiger partial charge in [-0.1, -0.05) is 5.92 Å². The highest BCUT2D eigenvalue weighted by molar-refractivity contribution is 9.10. The summed E-state index contributed by atoms with van der Waals surface area (Å²) in [6.07, 6.45) is 8.32. The maximum atomic E-state index is 12.4. The van der Waals surface area contributed by atoms with E-state index in [9.17, 15) is 4.79 Å². The Morgan fingerprint density at radius 2 is 2.10 bits per heavy atom. The van der Waals surface area contributed by atoms with Crippen molar-refractivity contribution in [1.82, 2.24) is 4.98 Å². The SMILES string of the molecule is C#CCOc1ccc(N(C)C(=O)c2ccncc2Br)cc1. The van der Waals surface area contributed by atoms with Crippen molar-refractivity contribution in [3.05, 3.63) is 52.8 Å². The first-order valence-electron chi connectivity index (χ1n) is 6.17. The summed E-state index contributed by atoms with van der Waals surface area (Å²) in [5.74, 6) is 2.95. The van der Waals surface area contributed by atoms with Crippen LogP contribution >= 0.6 is 15.9 Å². The number of carbonyl (C=O) groups excluding carboxylic acids is 1. The predicted molar refractivity (Wildman–Crippen MR) is 85.4 cm³/mol. The van der Waals surface area contributed by atoms with Crippen molar-refractivity contribution in [2.24, 2.45) is 0 Å². The molecule has 2 aromatic rings. The van der Waals surface area contributed by atoms with Crippen LogP contribution in [0.5, 0.6) is 5.75 Å². The molecular formula is C16H13BrN2O2. The topological polar surface area (TPSA) is 42.4 Å². The molecule has 1 aromatic carbocycles. The largest absolute Gasteiger partial charge is 0.481 e. The van der Waals surface area contributed by atoms with Crippen molar-refractivity contribution in [3.8, 4) is 18.1 Å². The number of terminal acetylenes is 1. The van der Waals surface area contributed by atoms with Gasteiger partial charge in [-0.2, -0.15) is 0 Å². The van der Waals surface area contributed by atoms with Gasteiger partial charge in [-0.05, 0) is 46.3 Å². The van der Waals surface area contributed by atoms with Gasteiger partial charge in [0.1, 0.15) is 12.4 Å². The molecule has 0 aliphatic heterocycles. The first-order chi connectivity index (χ1) is 10.1. The minimum absolute atomic E-state index is 0.124. The Hall–Kier alpha value is -2.32. The molecule has 0 bridgehead atoms. The number of carbonyl (C=O) groups is 1. The number of pyridine rings is 1. The first kappa shape index (κ1) is 15.1. The number of aromatic nitrogens is 1. The van der Waals surface area contributed by atoms with E-state index in [1.165, 1.54) is 0 Å². The van der Waals surface area contributed by atoms with Crippen LogP contribution in [0.15, 0.2) is 47.2 Å². The van der Waals surface area contributed by atoms with Crippen molar-refractivity contribution in [3.63, 3.8) is 0 Å². The van der Waals surface area contributed by atoms with Crippen LogP contribution < -0.4 is 9.64 Å². The molecule has 5 heteroatoms. The Balaban J connectivity index is 2.16. The van der Waals surface area contributed by atoms with E-state index in [4.69, 9.17) is 11.2 Å². The molecule has 2 rings (SSSR count). The van der Waals surface area contributed by atoms with Crippen LogP contribution in [0.4, 0.5) is 5.69 Å². The fraction of sp³-hybridized carbons (Fsp3) is 0.125. The second-order valence-electron chi connectivity index (χ2n) is 4.21. The highest BCUT2D eigenvalue weighted by Crippen LogP contribution is 2.22. The van der Waals surface area contributed by atoms with Gasteiger partial charge in [0.15, 0.2) is 0 Å². The lowest BCUT2D eigenvalue weighted by Gasteiger charge is -2.18. The van der Waals surface area contributed by atoms with Crippen LogP contribution in [-0.2, 0) is 0 Å². The lowest BCUT2D eigenvalue weighted by molar-refractivity contribution is 0.0992. The Morgan fingerprint density at radius 3 is 2.71 bits per heavy atom. The molecular weight excluding hydrogens is 332 g/mol. The number of hydrogen-bond acceptors (Lipinski definition) is 3. The molecule has 0 unspecified atom stereocenters. The number of ether oxygens (including phenoxy) is 1. The summed E-state index contributed by atoms with van der Waals surface area (Å²) < 4.78 is 5.96. The third-order valence-corrected chi connectivity index (χ3v) is 3.49. The van der Waals surface area contributed by atoms with Gasteiger partial charge in [0, 0.05) is 29.6 Å². The van der Waals surface area contributed by atoms with Gasteiger partial charge in [0.05, 0.1) is 5.56 Å². The number of rotatable bonds is 4. The van der Waals surface area contributed by atoms with Gasteiger partial charge in [-0.15, -0.1) is 6.42 Å². The molecule has 1 aromatic heterocycles. The normalized spacial score (nSPS) is 9.76. The van der Waals surface area contributed by atoms with Crippen LogP contribution in [-0.4, -0.2) is 24.5 Å². The second-order valence-corrected chi connectivity index (χ2v) is 5.06. The second kappa shape index (κ2) is 6.91. The van der Waals surface area contributed by atoms with Gasteiger partial charge in [-0.3, -0.25) is 9.78 Å². The van der Waals surface area contributed by atoms with Gasteiger partial charge in [0.2, 0.25) is 0 Å². The first-order valence-corrected chi connectivity index (χ1v) is 6.96. The zero-order valence-electron chi connectivity index (χ0n) is 11.4. The van der Waals surface area contributed by atoms with Crippen molar-refractivity contribution in [2.45, 2.75) is 0 Å². The summed E-state index contributed by atoms with van der Waals surface area (Å²) in [6, 6.07) is 8.83. The van der Waals surface area contributed by atoms with E-state index in [2.05, 4.69) is 26.8 Å². The molecule has 1 heterocycles. The fourth-order valence-electron chi connectivity index (χ4n) is 1.74. The molecule has 0 fully saturated rings. The van der Waals surface area contributed by atoms with Crippen LogP contribution in [0.25, 0.3) is 0 Å². The summed E-state index contributed by atoms with van der Waals surface area (Å²) in [5, 5.41) is 0. The zero-order valence-corrected chi connectivity index (χ0v) is 13.0. The van der Waals surface area contributed by atoms with Gasteiger partial charge < -0.3 is 9.64 Å². The highest BCUT2D eigenvalue weighted by atomic mass is 79.9. The molecule has 0 spiro atoms. The minimum Gasteiger partial charge on any atom is -0.481 e. The molecule has 106 valence electrons. The number of hydrogen-bond donors (Lipinski definition) is 0. The van der Waals surface area contributed by atoms with Crippen LogP contribution in [0.1, 0.15) is 10.4 Å². The monoisotopic (exact) mass is 344 g/mol. The molecule has 0 aliphatic carbocycles. The summed E-state index contributed by atoms with van der Waals surface area (Å²) in [7, 11) is 1.71. The summed E-state index contributed by atoms with van der Waals surface area (Å²) in [4.78, 5) is 17.9. The molecule has 0 N–H and O–H groups in total. The summed E-state index contributed by atoms with van der Waals surface area (Å²) in [5.41, 5.74) is 1.32. The molecule has 0 aliphatic rings. The van der Waals surface area contributed by atoms with E-state index in [1.54, 1.807) is 54.7 Å². The lowest BCUT2D eigenvalue weighted by Crippen LogP contribution is -2.26. The Bertz CT molecular complexity index is 677. The quantitative estimate of drug-likeness (QED) is 0.800. The van der Waals surface area contributed by atoms with Gasteiger partial charge in [0.25, 0.3) is 5.91 Å². The third-order valence-electron chi connectivity index (χ3n) is 2.85. The molecule has 0 atom stereocenters. The van der Waals surface area contributed by atoms with E-state index < -0.39 is 0 Å². The average Bonchev–Trinajstić information content (AvgIpc) is 2.52. The van der Waals surface area contributed by atoms with Gasteiger partial charge >= 0.3 is 0 Å². The number of amides is 1. The maximum Gasteiger partial charge on any atom is 0.259 e. The molecule has 4 nitrogen and oxygen atoms in total. The van der Waals surface area contributed by atoms with Crippen LogP contribution in [0.2, 0.25) is 0 Å². The number of nitrogens with zero attached hydrogens (tertiary/aromatic N) is 2. The minimum atomic E-state index is -0.124. The summed E-state index contributed by atoms with van der Waals surface area (Å²) >= 11 is 3.33. The Morgan fingerprint density at radius 1 is 1.38 bits per heavy atom. The van der Waals surface area contributed by atoms with E-state index in [1.807, 2.05) is 0 Å². The lowest BCUT2D eigenvalue weighted by atomic mass is 10.2. The van der Waals surface area contributed by atoms with E-state index >= 15 is 0 Å². The highest BCUT2D eigenvalue weighted by Gasteiger charge is 2.16. The molecule has 21 heavy (non-hydrogen) atoms. The van der Waals surface area contributed by atoms with Crippen molar-refractivity contribution in [1.29, 1.82) is 0 Å². The van der Waals surface area contributed by atoms with E-state index in [-0.39, 0.29) is 12.5 Å². The third kappa shape index (κ3) is 3.61. The van der Waals surface area contributed by atoms with Gasteiger partial charge in [-0.25, -0.2) is 0 Å².